The van der Waals surface area contributed by atoms with E-state index in [9.17, 15) is 39.5 Å². The van der Waals surface area contributed by atoms with E-state index in [1.54, 1.807) is 6.07 Å². The summed E-state index contributed by atoms with van der Waals surface area (Å²) in [7, 11) is 0. The summed E-state index contributed by atoms with van der Waals surface area (Å²) in [5.74, 6) is -19.4. The van der Waals surface area contributed by atoms with E-state index in [4.69, 9.17) is 0 Å². The van der Waals surface area contributed by atoms with Gasteiger partial charge in [0.2, 0.25) is 0 Å². The molecule has 2 aromatic rings. The molecule has 0 aliphatic heterocycles. The smallest absolute Gasteiger partial charge is 0.194 e. The van der Waals surface area contributed by atoms with Gasteiger partial charge in [-0.05, 0) is 10.8 Å². The van der Waals surface area contributed by atoms with E-state index in [-0.39, 0.29) is 10.8 Å². The Morgan fingerprint density at radius 1 is 0.652 bits per heavy atom. The molecule has 0 bridgehead atoms. The Hall–Kier alpha value is -1.93. The fraction of sp³-hybridized carbons (Fsp3) is 0.286. The SMILES string of the molecule is FC(F)(F)C(F)(F)C(F)(F)C(F)(F)c1[c]c2ccccc2cc1. The molecule has 0 heterocycles. The van der Waals surface area contributed by atoms with Crippen molar-refractivity contribution < 1.29 is 39.5 Å². The first-order chi connectivity index (χ1) is 10.3. The molecule has 0 saturated carbocycles. The Morgan fingerprint density at radius 2 is 1.22 bits per heavy atom. The fourth-order valence-corrected chi connectivity index (χ4v) is 1.84. The topological polar surface area (TPSA) is 0 Å². The molecule has 0 nitrogen and oxygen atoms in total. The highest BCUT2D eigenvalue weighted by molar-refractivity contribution is 5.82. The number of alkyl halides is 9. The van der Waals surface area contributed by atoms with Gasteiger partial charge < -0.3 is 0 Å². The molecule has 0 saturated heterocycles. The van der Waals surface area contributed by atoms with Gasteiger partial charge >= 0.3 is 23.9 Å². The van der Waals surface area contributed by atoms with Crippen LogP contribution in [0.2, 0.25) is 0 Å². The van der Waals surface area contributed by atoms with Crippen LogP contribution in [0.3, 0.4) is 0 Å². The van der Waals surface area contributed by atoms with Crippen LogP contribution in [0.25, 0.3) is 10.8 Å². The fourth-order valence-electron chi connectivity index (χ4n) is 1.84. The Labute approximate surface area is 123 Å². The van der Waals surface area contributed by atoms with Crippen LogP contribution in [0.5, 0.6) is 0 Å². The largest absolute Gasteiger partial charge is 0.460 e. The van der Waals surface area contributed by atoms with Gasteiger partial charge in [0.25, 0.3) is 0 Å². The van der Waals surface area contributed by atoms with Crippen LogP contribution >= 0.6 is 0 Å². The van der Waals surface area contributed by atoms with Crippen LogP contribution in [0.1, 0.15) is 5.56 Å². The summed E-state index contributed by atoms with van der Waals surface area (Å²) in [5, 5.41) is 0.147. The van der Waals surface area contributed by atoms with Gasteiger partial charge in [-0.2, -0.15) is 39.5 Å². The summed E-state index contributed by atoms with van der Waals surface area (Å²) in [6.45, 7) is 0. The van der Waals surface area contributed by atoms with Crippen molar-refractivity contribution in [2.24, 2.45) is 0 Å². The normalized spacial score (nSPS) is 14.3. The minimum atomic E-state index is -6.91. The van der Waals surface area contributed by atoms with Crippen LogP contribution in [-0.4, -0.2) is 18.0 Å². The molecule has 0 N–H and O–H groups in total. The Balaban J connectivity index is 2.58. The average Bonchev–Trinajstić information content (AvgIpc) is 2.45. The molecule has 23 heavy (non-hydrogen) atoms. The lowest BCUT2D eigenvalue weighted by Crippen LogP contribution is -2.59. The lowest BCUT2D eigenvalue weighted by atomic mass is 9.95. The number of halogens is 9. The maximum absolute atomic E-state index is 13.7. The van der Waals surface area contributed by atoms with Crippen LogP contribution in [-0.2, 0) is 5.92 Å². The van der Waals surface area contributed by atoms with Crippen molar-refractivity contribution in [1.29, 1.82) is 0 Å². The van der Waals surface area contributed by atoms with Crippen molar-refractivity contribution in [3.05, 3.63) is 48.0 Å². The Kier molecular flexibility index (Phi) is 3.82. The third kappa shape index (κ3) is 2.51. The van der Waals surface area contributed by atoms with E-state index in [1.165, 1.54) is 24.3 Å². The summed E-state index contributed by atoms with van der Waals surface area (Å²) in [5.41, 5.74) is -1.76. The summed E-state index contributed by atoms with van der Waals surface area (Å²) >= 11 is 0. The molecule has 0 unspecified atom stereocenters. The van der Waals surface area contributed by atoms with Crippen LogP contribution in [0.4, 0.5) is 39.5 Å². The van der Waals surface area contributed by atoms with E-state index in [2.05, 4.69) is 0 Å². The molecule has 125 valence electrons. The number of fused-ring (bicyclic) bond motifs is 1. The zero-order valence-electron chi connectivity index (χ0n) is 10.9. The molecule has 1 radical (unpaired) electrons. The van der Waals surface area contributed by atoms with Crippen molar-refractivity contribution in [2.75, 3.05) is 0 Å². The van der Waals surface area contributed by atoms with Gasteiger partial charge in [0.15, 0.2) is 0 Å². The van der Waals surface area contributed by atoms with Crippen LogP contribution in [0, 0.1) is 6.07 Å². The number of benzene rings is 2. The maximum atomic E-state index is 13.7. The molecule has 2 aromatic carbocycles. The van der Waals surface area contributed by atoms with Gasteiger partial charge in [-0.1, -0.05) is 36.4 Å². The third-order valence-electron chi connectivity index (χ3n) is 3.14. The highest BCUT2D eigenvalue weighted by atomic mass is 19.4. The van der Waals surface area contributed by atoms with Crippen molar-refractivity contribution in [3.63, 3.8) is 0 Å². The van der Waals surface area contributed by atoms with Gasteiger partial charge in [-0.25, -0.2) is 0 Å². The van der Waals surface area contributed by atoms with Gasteiger partial charge in [0.05, 0.1) is 0 Å². The van der Waals surface area contributed by atoms with Gasteiger partial charge in [0.1, 0.15) is 0 Å². The van der Waals surface area contributed by atoms with Crippen molar-refractivity contribution in [1.82, 2.24) is 0 Å². The minimum Gasteiger partial charge on any atom is -0.194 e. The summed E-state index contributed by atoms with van der Waals surface area (Å²) < 4.78 is 116. The van der Waals surface area contributed by atoms with E-state index in [0.717, 1.165) is 6.07 Å². The van der Waals surface area contributed by atoms with Crippen LogP contribution < -0.4 is 0 Å². The van der Waals surface area contributed by atoms with Gasteiger partial charge in [-0.15, -0.1) is 0 Å². The summed E-state index contributed by atoms with van der Waals surface area (Å²) in [6, 6.07) is 8.40. The second-order valence-electron chi connectivity index (χ2n) is 4.68. The van der Waals surface area contributed by atoms with Crippen molar-refractivity contribution in [2.45, 2.75) is 23.9 Å². The lowest BCUT2D eigenvalue weighted by molar-refractivity contribution is -0.399. The molecule has 0 fully saturated rings. The molecule has 2 rings (SSSR count). The van der Waals surface area contributed by atoms with Gasteiger partial charge in [0, 0.05) is 11.6 Å². The lowest BCUT2D eigenvalue weighted by Gasteiger charge is -2.33. The standard InChI is InChI=1S/C14H6F9/c15-11(16,12(17,18)13(19,20)14(21,22)23)10-6-5-8-3-1-2-4-9(8)7-10/h1-6H. The predicted molar refractivity (Wildman–Crippen MR) is 62.6 cm³/mol. The Bertz CT molecular complexity index is 716. The van der Waals surface area contributed by atoms with E-state index in [0.29, 0.717) is 6.07 Å². The quantitative estimate of drug-likeness (QED) is 0.639. The molecule has 9 heteroatoms. The zero-order valence-corrected chi connectivity index (χ0v) is 10.9. The van der Waals surface area contributed by atoms with Crippen LogP contribution in [0.15, 0.2) is 36.4 Å². The molecule has 0 aliphatic rings. The molecular formula is C14H6F9. The molecule has 0 spiro atoms. The van der Waals surface area contributed by atoms with E-state index >= 15 is 0 Å². The first kappa shape index (κ1) is 17.4. The third-order valence-corrected chi connectivity index (χ3v) is 3.14. The molecular weight excluding hydrogens is 339 g/mol. The number of hydrogen-bond acceptors (Lipinski definition) is 0. The first-order valence-electron chi connectivity index (χ1n) is 5.94. The van der Waals surface area contributed by atoms with E-state index < -0.39 is 29.5 Å². The predicted octanol–water partition coefficient (Wildman–Crippen LogP) is 5.56. The van der Waals surface area contributed by atoms with Gasteiger partial charge in [-0.3, -0.25) is 0 Å². The maximum Gasteiger partial charge on any atom is 0.460 e. The monoisotopic (exact) mass is 345 g/mol. The second kappa shape index (κ2) is 5.04. The summed E-state index contributed by atoms with van der Waals surface area (Å²) in [4.78, 5) is 0. The van der Waals surface area contributed by atoms with Crippen molar-refractivity contribution >= 4 is 10.8 Å². The highest BCUT2D eigenvalue weighted by Crippen LogP contribution is 2.56. The van der Waals surface area contributed by atoms with Crippen molar-refractivity contribution in [3.8, 4) is 0 Å². The number of rotatable bonds is 3. The molecule has 0 amide bonds. The number of hydrogen-bond donors (Lipinski definition) is 0. The minimum absolute atomic E-state index is 0.129. The molecule has 0 aliphatic carbocycles. The average molecular weight is 345 g/mol. The zero-order chi connectivity index (χ0) is 17.7. The highest BCUT2D eigenvalue weighted by Gasteiger charge is 2.82. The molecule has 0 aromatic heterocycles. The second-order valence-corrected chi connectivity index (χ2v) is 4.68. The van der Waals surface area contributed by atoms with E-state index in [1.807, 2.05) is 0 Å². The Morgan fingerprint density at radius 3 is 1.78 bits per heavy atom. The summed E-state index contributed by atoms with van der Waals surface area (Å²) in [6.07, 6.45) is -6.84. The molecule has 0 atom stereocenters. The first-order valence-corrected chi connectivity index (χ1v) is 5.94.